The highest BCUT2D eigenvalue weighted by Crippen LogP contribution is 2.35. The number of rotatable bonds is 25. The van der Waals surface area contributed by atoms with Crippen LogP contribution in [0.4, 0.5) is 9.59 Å². The second-order valence-corrected chi connectivity index (χ2v) is 28.2. The van der Waals surface area contributed by atoms with Crippen LogP contribution in [0.2, 0.25) is 0 Å². The van der Waals surface area contributed by atoms with Crippen LogP contribution < -0.4 is 16.0 Å². The lowest BCUT2D eigenvalue weighted by molar-refractivity contribution is -0.144. The molecule has 2 aliphatic rings. The summed E-state index contributed by atoms with van der Waals surface area (Å²) in [6.45, 7) is 26.0. The SMILES string of the molecule is C[C@@H](C(=O)C[C@H](C(=O)N1CCC[C@H]1CN(CCc1ccccc1)C(=O)CNC(=O)c1ccc(C(=O)NCC(=O)N(CCc2ccccc2)C[C@@H]2CCCN2C(=O)[C@@H](NC(=O)[C@H](C)N(C)C(=O)OC(C)(C)C)C(C)(C)C)cc1)C(C)(C)C)N(C)C(=O)OC(C)(C)C. The van der Waals surface area contributed by atoms with Crippen molar-refractivity contribution in [2.45, 2.75) is 183 Å². The molecule has 3 aromatic carbocycles. The third kappa shape index (κ3) is 21.7. The molecule has 21 nitrogen and oxygen atoms in total. The predicted octanol–water partition coefficient (Wildman–Crippen LogP) is 7.93. The van der Waals surface area contributed by atoms with E-state index >= 15 is 0 Å². The Morgan fingerprint density at radius 2 is 0.922 bits per heavy atom. The molecule has 90 heavy (non-hydrogen) atoms. The topological polar surface area (TPSA) is 245 Å². The van der Waals surface area contributed by atoms with Crippen molar-refractivity contribution < 1.29 is 57.4 Å². The quantitative estimate of drug-likeness (QED) is 0.0732. The lowest BCUT2D eigenvalue weighted by atomic mass is 9.76. The van der Waals surface area contributed by atoms with Gasteiger partial charge in [-0.25, -0.2) is 9.59 Å². The summed E-state index contributed by atoms with van der Waals surface area (Å²) < 4.78 is 11.0. The first-order chi connectivity index (χ1) is 41.9. The van der Waals surface area contributed by atoms with Gasteiger partial charge in [0.25, 0.3) is 11.8 Å². The first kappa shape index (κ1) is 72.9. The fourth-order valence-corrected chi connectivity index (χ4v) is 10.9. The molecular weight excluding hydrogens is 1150 g/mol. The summed E-state index contributed by atoms with van der Waals surface area (Å²) in [5.74, 6) is -3.88. The van der Waals surface area contributed by atoms with Gasteiger partial charge in [-0.2, -0.15) is 0 Å². The van der Waals surface area contributed by atoms with E-state index in [0.717, 1.165) is 11.1 Å². The van der Waals surface area contributed by atoms with Crippen LogP contribution in [-0.2, 0) is 51.1 Å². The summed E-state index contributed by atoms with van der Waals surface area (Å²) in [6.07, 6.45) is 2.20. The van der Waals surface area contributed by atoms with E-state index < -0.39 is 82.0 Å². The Labute approximate surface area is 533 Å². The minimum absolute atomic E-state index is 0.0978. The summed E-state index contributed by atoms with van der Waals surface area (Å²) in [6, 6.07) is 21.7. The van der Waals surface area contributed by atoms with E-state index in [1.165, 1.54) is 48.2 Å². The second kappa shape index (κ2) is 31.8. The van der Waals surface area contributed by atoms with Crippen LogP contribution in [0.25, 0.3) is 0 Å². The monoisotopic (exact) mass is 1250 g/mol. The molecule has 5 rings (SSSR count). The summed E-state index contributed by atoms with van der Waals surface area (Å²) in [7, 11) is 2.98. The lowest BCUT2D eigenvalue weighted by Gasteiger charge is -2.38. The van der Waals surface area contributed by atoms with Gasteiger partial charge in [0.1, 0.15) is 23.3 Å². The second-order valence-electron chi connectivity index (χ2n) is 28.2. The highest BCUT2D eigenvalue weighted by Gasteiger charge is 2.44. The molecule has 494 valence electrons. The average molecular weight is 1250 g/mol. The van der Waals surface area contributed by atoms with Gasteiger partial charge in [-0.3, -0.25) is 43.3 Å². The van der Waals surface area contributed by atoms with Gasteiger partial charge in [-0.1, -0.05) is 102 Å². The Balaban J connectivity index is 1.23. The zero-order valence-corrected chi connectivity index (χ0v) is 56.2. The maximum Gasteiger partial charge on any atom is 0.410 e. The van der Waals surface area contributed by atoms with Crippen LogP contribution in [0.3, 0.4) is 0 Å². The van der Waals surface area contributed by atoms with Crippen molar-refractivity contribution in [3.63, 3.8) is 0 Å². The number of carbonyl (C=O) groups excluding carboxylic acids is 10. The third-order valence-corrected chi connectivity index (χ3v) is 16.6. The number of likely N-dealkylation sites (tertiary alicyclic amines) is 2. The lowest BCUT2D eigenvalue weighted by Crippen LogP contribution is -2.60. The summed E-state index contributed by atoms with van der Waals surface area (Å²) in [4.78, 5) is 147. The highest BCUT2D eigenvalue weighted by molar-refractivity contribution is 6.00. The van der Waals surface area contributed by atoms with Gasteiger partial charge < -0.3 is 49.9 Å². The molecule has 0 bridgehead atoms. The zero-order chi connectivity index (χ0) is 67.1. The predicted molar refractivity (Wildman–Crippen MR) is 345 cm³/mol. The third-order valence-electron chi connectivity index (χ3n) is 16.6. The van der Waals surface area contributed by atoms with E-state index in [2.05, 4.69) is 16.0 Å². The number of likely N-dealkylation sites (N-methyl/N-ethyl adjacent to an activating group) is 2. The minimum Gasteiger partial charge on any atom is -0.444 e. The van der Waals surface area contributed by atoms with Crippen molar-refractivity contribution >= 4 is 59.3 Å². The van der Waals surface area contributed by atoms with Crippen LogP contribution in [-0.4, -0.2) is 197 Å². The number of nitrogens with one attached hydrogen (secondary N) is 3. The van der Waals surface area contributed by atoms with Crippen LogP contribution in [0, 0.1) is 16.7 Å². The Bertz CT molecular complexity index is 2770. The summed E-state index contributed by atoms with van der Waals surface area (Å²) in [5.41, 5.74) is -0.524. The van der Waals surface area contributed by atoms with Gasteiger partial charge in [-0.05, 0) is 140 Å². The van der Waals surface area contributed by atoms with Gasteiger partial charge >= 0.3 is 12.2 Å². The van der Waals surface area contributed by atoms with Crippen molar-refractivity contribution in [3.8, 4) is 0 Å². The molecule has 0 aliphatic carbocycles. The molecule has 3 N–H and O–H groups in total. The minimum atomic E-state index is -0.967. The van der Waals surface area contributed by atoms with Crippen LogP contribution in [0.5, 0.6) is 0 Å². The van der Waals surface area contributed by atoms with Crippen molar-refractivity contribution in [1.29, 1.82) is 0 Å². The highest BCUT2D eigenvalue weighted by atomic mass is 16.6. The van der Waals surface area contributed by atoms with Gasteiger partial charge in [0, 0.05) is 88.9 Å². The molecular formula is C69H101N9O12. The van der Waals surface area contributed by atoms with E-state index in [9.17, 15) is 47.9 Å². The Morgan fingerprint density at radius 1 is 0.533 bits per heavy atom. The molecule has 0 spiro atoms. The molecule has 21 heteroatoms. The van der Waals surface area contributed by atoms with Crippen molar-refractivity contribution in [3.05, 3.63) is 107 Å². The maximum absolute atomic E-state index is 14.6. The number of nitrogens with zero attached hydrogens (tertiary/aromatic N) is 6. The fraction of sp³-hybridized carbons (Fsp3) is 0.594. The average Bonchev–Trinajstić information content (AvgIpc) is 1.81. The van der Waals surface area contributed by atoms with E-state index in [1.807, 2.05) is 102 Å². The van der Waals surface area contributed by atoms with Crippen LogP contribution >= 0.6 is 0 Å². The Hall–Kier alpha value is -7.84. The molecule has 0 unspecified atom stereocenters. The van der Waals surface area contributed by atoms with Crippen molar-refractivity contribution in [2.75, 3.05) is 66.5 Å². The van der Waals surface area contributed by atoms with E-state index in [-0.39, 0.29) is 79.2 Å². The van der Waals surface area contributed by atoms with Crippen molar-refractivity contribution in [1.82, 2.24) is 45.3 Å². The molecule has 0 radical (unpaired) electrons. The van der Waals surface area contributed by atoms with Gasteiger partial charge in [0.2, 0.25) is 29.5 Å². The van der Waals surface area contributed by atoms with Crippen LogP contribution in [0.15, 0.2) is 84.9 Å². The summed E-state index contributed by atoms with van der Waals surface area (Å²) in [5, 5.41) is 8.40. The van der Waals surface area contributed by atoms with Crippen molar-refractivity contribution in [2.24, 2.45) is 16.7 Å². The largest absolute Gasteiger partial charge is 0.444 e. The Kier molecular flexibility index (Phi) is 25.7. The van der Waals surface area contributed by atoms with Gasteiger partial charge in [0.05, 0.1) is 19.1 Å². The zero-order valence-electron chi connectivity index (χ0n) is 56.2. The molecule has 0 saturated carbocycles. The molecule has 2 saturated heterocycles. The number of hydrogen-bond acceptors (Lipinski definition) is 12. The standard InChI is InChI=1S/C69H101N9O12/c1-46(73(15)64(87)89-68(9,10)11)55(79)41-54(66(3,4)5)62(85)77-37-23-29-52(77)44-75(39-35-48-25-19-17-20-26-48)56(80)42-70-60(83)50-31-33-51(34-32-50)61(84)71-43-57(81)76(40-36-49-27-21-18-22-28-49)45-53-30-24-38-78(53)63(86)58(67(6,7)8)72-59(82)47(2)74(16)65(88)90-69(12,13)14/h17-22,25-28,31-34,46-47,52-54,58H,23-24,29-30,35-45H2,1-16H3,(H,70,83)(H,71,84)(H,72,82)/t46-,47-,52-,53-,54+,58+/m0/s1. The fourth-order valence-electron chi connectivity index (χ4n) is 10.9. The number of Topliss-reactive ketones (excluding diaryl/α,β-unsaturated/α-hetero) is 1. The molecule has 6 atom stereocenters. The molecule has 9 amide bonds. The Morgan fingerprint density at radius 3 is 1.30 bits per heavy atom. The van der Waals surface area contributed by atoms with E-state index in [1.54, 1.807) is 75.0 Å². The smallest absolute Gasteiger partial charge is 0.410 e. The normalized spacial score (nSPS) is 16.6. The molecule has 0 aromatic heterocycles. The number of ketones is 1. The number of ether oxygens (including phenoxy) is 2. The number of benzene rings is 3. The van der Waals surface area contributed by atoms with Crippen LogP contribution in [0.1, 0.15) is 161 Å². The molecule has 2 heterocycles. The first-order valence-electron chi connectivity index (χ1n) is 31.6. The van der Waals surface area contributed by atoms with E-state index in [4.69, 9.17) is 9.47 Å². The number of amides is 9. The summed E-state index contributed by atoms with van der Waals surface area (Å²) >= 11 is 0. The van der Waals surface area contributed by atoms with Gasteiger partial charge in [-0.15, -0.1) is 0 Å². The van der Waals surface area contributed by atoms with E-state index in [0.29, 0.717) is 64.7 Å². The number of carbonyl (C=O) groups is 10. The molecule has 2 aliphatic heterocycles. The molecule has 2 fully saturated rings. The maximum atomic E-state index is 14.6. The molecule has 3 aromatic rings. The van der Waals surface area contributed by atoms with Gasteiger partial charge in [0.15, 0.2) is 5.78 Å². The number of hydrogen-bond donors (Lipinski definition) is 3. The first-order valence-corrected chi connectivity index (χ1v) is 31.6.